The summed E-state index contributed by atoms with van der Waals surface area (Å²) in [7, 11) is -3.74. The number of hydrogen-bond donors (Lipinski definition) is 1. The molecule has 2 aromatic rings. The van der Waals surface area contributed by atoms with Crippen molar-refractivity contribution < 1.29 is 17.9 Å². The lowest BCUT2D eigenvalue weighted by atomic mass is 10.0. The minimum Gasteiger partial charge on any atom is -0.378 e. The van der Waals surface area contributed by atoms with Crippen LogP contribution in [0.5, 0.6) is 0 Å². The first-order chi connectivity index (χ1) is 13.2. The zero-order valence-corrected chi connectivity index (χ0v) is 17.5. The minimum atomic E-state index is -3.74. The SMILES string of the molecule is Cc1cc(C)c(C)c(S(=O)(=O)Nc2ccc(C(=O)N3CCOCC3)cc2)c1C. The molecular weight excluding hydrogens is 376 g/mol. The zero-order valence-electron chi connectivity index (χ0n) is 16.7. The van der Waals surface area contributed by atoms with Gasteiger partial charge in [0.25, 0.3) is 15.9 Å². The monoisotopic (exact) mass is 402 g/mol. The predicted octanol–water partition coefficient (Wildman–Crippen LogP) is 3.19. The number of aryl methyl sites for hydroxylation is 2. The molecule has 6 nitrogen and oxygen atoms in total. The van der Waals surface area contributed by atoms with Crippen molar-refractivity contribution in [2.45, 2.75) is 32.6 Å². The molecule has 0 bridgehead atoms. The third-order valence-electron chi connectivity index (χ3n) is 5.25. The van der Waals surface area contributed by atoms with E-state index in [1.54, 1.807) is 29.2 Å². The highest BCUT2D eigenvalue weighted by Gasteiger charge is 2.23. The molecule has 1 N–H and O–H groups in total. The number of nitrogens with one attached hydrogen (secondary N) is 1. The second kappa shape index (κ2) is 7.93. The molecule has 0 saturated carbocycles. The maximum atomic E-state index is 13.0. The molecule has 0 spiro atoms. The summed E-state index contributed by atoms with van der Waals surface area (Å²) in [6.07, 6.45) is 0. The quantitative estimate of drug-likeness (QED) is 0.852. The summed E-state index contributed by atoms with van der Waals surface area (Å²) in [6, 6.07) is 8.54. The smallest absolute Gasteiger partial charge is 0.262 e. The molecule has 1 saturated heterocycles. The number of carbonyl (C=O) groups is 1. The van der Waals surface area contributed by atoms with Crippen LogP contribution in [0.3, 0.4) is 0 Å². The van der Waals surface area contributed by atoms with Crippen molar-refractivity contribution in [2.24, 2.45) is 0 Å². The number of ether oxygens (including phenoxy) is 1. The second-order valence-electron chi connectivity index (χ2n) is 7.18. The second-order valence-corrected chi connectivity index (χ2v) is 8.80. The number of sulfonamides is 1. The molecule has 7 heteroatoms. The van der Waals surface area contributed by atoms with Gasteiger partial charge in [-0.3, -0.25) is 9.52 Å². The van der Waals surface area contributed by atoms with Gasteiger partial charge >= 0.3 is 0 Å². The fourth-order valence-corrected chi connectivity index (χ4v) is 5.10. The first-order valence-corrected chi connectivity index (χ1v) is 10.8. The Morgan fingerprint density at radius 3 is 2.04 bits per heavy atom. The summed E-state index contributed by atoms with van der Waals surface area (Å²) >= 11 is 0. The van der Waals surface area contributed by atoms with Crippen molar-refractivity contribution in [1.82, 2.24) is 4.90 Å². The summed E-state index contributed by atoms with van der Waals surface area (Å²) in [5, 5.41) is 0. The average molecular weight is 403 g/mol. The summed E-state index contributed by atoms with van der Waals surface area (Å²) in [6.45, 7) is 9.67. The van der Waals surface area contributed by atoms with Gasteiger partial charge in [0.15, 0.2) is 0 Å². The molecular formula is C21H26N2O4S. The average Bonchev–Trinajstić information content (AvgIpc) is 2.67. The van der Waals surface area contributed by atoms with E-state index in [2.05, 4.69) is 4.72 Å². The Balaban J connectivity index is 1.83. The van der Waals surface area contributed by atoms with Gasteiger partial charge < -0.3 is 9.64 Å². The summed E-state index contributed by atoms with van der Waals surface area (Å²) < 4.78 is 33.9. The zero-order chi connectivity index (χ0) is 20.5. The van der Waals surface area contributed by atoms with Crippen LogP contribution >= 0.6 is 0 Å². The van der Waals surface area contributed by atoms with Crippen molar-refractivity contribution >= 4 is 21.6 Å². The first-order valence-electron chi connectivity index (χ1n) is 9.28. The Morgan fingerprint density at radius 1 is 0.964 bits per heavy atom. The van der Waals surface area contributed by atoms with Crippen LogP contribution in [0.25, 0.3) is 0 Å². The van der Waals surface area contributed by atoms with E-state index in [0.717, 1.165) is 22.3 Å². The molecule has 0 atom stereocenters. The van der Waals surface area contributed by atoms with E-state index >= 15 is 0 Å². The topological polar surface area (TPSA) is 75.7 Å². The normalized spacial score (nSPS) is 14.8. The van der Waals surface area contributed by atoms with E-state index in [9.17, 15) is 13.2 Å². The van der Waals surface area contributed by atoms with Crippen molar-refractivity contribution in [2.75, 3.05) is 31.0 Å². The van der Waals surface area contributed by atoms with Gasteiger partial charge in [0.2, 0.25) is 0 Å². The summed E-state index contributed by atoms with van der Waals surface area (Å²) in [5.74, 6) is -0.0706. The van der Waals surface area contributed by atoms with E-state index in [1.807, 2.05) is 33.8 Å². The lowest BCUT2D eigenvalue weighted by Crippen LogP contribution is -2.40. The third kappa shape index (κ3) is 4.05. The molecule has 1 amide bonds. The number of nitrogens with zero attached hydrogens (tertiary/aromatic N) is 1. The maximum Gasteiger partial charge on any atom is 0.262 e. The van der Waals surface area contributed by atoms with Gasteiger partial charge in [-0.25, -0.2) is 8.42 Å². The lowest BCUT2D eigenvalue weighted by molar-refractivity contribution is 0.0303. The molecule has 3 rings (SSSR count). The van der Waals surface area contributed by atoms with Crippen LogP contribution in [0.4, 0.5) is 5.69 Å². The molecule has 150 valence electrons. The number of rotatable bonds is 4. The van der Waals surface area contributed by atoms with Gasteiger partial charge in [-0.05, 0) is 74.2 Å². The van der Waals surface area contributed by atoms with Crippen LogP contribution < -0.4 is 4.72 Å². The molecule has 1 heterocycles. The van der Waals surface area contributed by atoms with Crippen molar-refractivity contribution in [3.05, 3.63) is 58.1 Å². The van der Waals surface area contributed by atoms with Gasteiger partial charge in [0.1, 0.15) is 0 Å². The van der Waals surface area contributed by atoms with Crippen molar-refractivity contribution in [3.8, 4) is 0 Å². The minimum absolute atomic E-state index is 0.0706. The van der Waals surface area contributed by atoms with E-state index in [-0.39, 0.29) is 5.91 Å². The highest BCUT2D eigenvalue weighted by Crippen LogP contribution is 2.28. The van der Waals surface area contributed by atoms with Gasteiger partial charge in [0, 0.05) is 24.3 Å². The van der Waals surface area contributed by atoms with E-state index in [0.29, 0.717) is 42.4 Å². The summed E-state index contributed by atoms with van der Waals surface area (Å²) in [4.78, 5) is 14.6. The van der Waals surface area contributed by atoms with Crippen LogP contribution in [0, 0.1) is 27.7 Å². The van der Waals surface area contributed by atoms with E-state index in [1.165, 1.54) is 0 Å². The highest BCUT2D eigenvalue weighted by atomic mass is 32.2. The number of anilines is 1. The van der Waals surface area contributed by atoms with Crippen molar-refractivity contribution in [3.63, 3.8) is 0 Å². The van der Waals surface area contributed by atoms with Gasteiger partial charge in [-0.1, -0.05) is 6.07 Å². The fraction of sp³-hybridized carbons (Fsp3) is 0.381. The van der Waals surface area contributed by atoms with E-state index < -0.39 is 10.0 Å². The molecule has 2 aromatic carbocycles. The number of benzene rings is 2. The standard InChI is InChI=1S/C21H26N2O4S/c1-14-13-15(2)17(4)20(16(14)3)28(25,26)22-19-7-5-18(6-8-19)21(24)23-9-11-27-12-10-23/h5-8,13,22H,9-12H2,1-4H3. The molecule has 1 aliphatic heterocycles. The van der Waals surface area contributed by atoms with Crippen molar-refractivity contribution in [1.29, 1.82) is 0 Å². The first kappa shape index (κ1) is 20.4. The Morgan fingerprint density at radius 2 is 1.50 bits per heavy atom. The Kier molecular flexibility index (Phi) is 5.76. The van der Waals surface area contributed by atoms with Crippen LogP contribution in [-0.4, -0.2) is 45.5 Å². The number of hydrogen-bond acceptors (Lipinski definition) is 4. The molecule has 0 aliphatic carbocycles. The molecule has 28 heavy (non-hydrogen) atoms. The molecule has 0 unspecified atom stereocenters. The summed E-state index contributed by atoms with van der Waals surface area (Å²) in [5.41, 5.74) is 4.33. The predicted molar refractivity (Wildman–Crippen MR) is 109 cm³/mol. The Bertz CT molecular complexity index is 966. The van der Waals surface area contributed by atoms with E-state index in [4.69, 9.17) is 4.74 Å². The maximum absolute atomic E-state index is 13.0. The molecule has 0 radical (unpaired) electrons. The largest absolute Gasteiger partial charge is 0.378 e. The van der Waals surface area contributed by atoms with Crippen LogP contribution in [0.2, 0.25) is 0 Å². The molecule has 1 aliphatic rings. The Labute approximate surface area is 166 Å². The number of morpholine rings is 1. The Hall–Kier alpha value is -2.38. The van der Waals surface area contributed by atoms with Crippen LogP contribution in [-0.2, 0) is 14.8 Å². The van der Waals surface area contributed by atoms with Gasteiger partial charge in [-0.2, -0.15) is 0 Å². The third-order valence-corrected chi connectivity index (χ3v) is 6.90. The number of carbonyl (C=O) groups excluding carboxylic acids is 1. The van der Waals surface area contributed by atoms with Crippen LogP contribution in [0.15, 0.2) is 35.2 Å². The lowest BCUT2D eigenvalue weighted by Gasteiger charge is -2.26. The fourth-order valence-electron chi connectivity index (χ4n) is 3.42. The highest BCUT2D eigenvalue weighted by molar-refractivity contribution is 7.92. The molecule has 1 fully saturated rings. The van der Waals surface area contributed by atoms with Crippen LogP contribution in [0.1, 0.15) is 32.6 Å². The number of amides is 1. The molecule has 0 aromatic heterocycles. The van der Waals surface area contributed by atoms with Gasteiger partial charge in [-0.15, -0.1) is 0 Å². The van der Waals surface area contributed by atoms with Gasteiger partial charge in [0.05, 0.1) is 18.1 Å².